The number of hydrogen-bond donors (Lipinski definition) is 3. The molecule has 1 aromatic heterocycles. The van der Waals surface area contributed by atoms with Gasteiger partial charge in [0.25, 0.3) is 0 Å². The summed E-state index contributed by atoms with van der Waals surface area (Å²) in [5, 5.41) is 16.9. The van der Waals surface area contributed by atoms with Crippen molar-refractivity contribution in [3.63, 3.8) is 0 Å². The molecule has 0 unspecified atom stereocenters. The predicted molar refractivity (Wildman–Crippen MR) is 104 cm³/mol. The van der Waals surface area contributed by atoms with Gasteiger partial charge in [0.05, 0.1) is 6.10 Å². The van der Waals surface area contributed by atoms with Crippen LogP contribution in [0, 0.1) is 0 Å². The number of rotatable bonds is 7. The molecule has 26 heavy (non-hydrogen) atoms. The Balaban J connectivity index is 1.40. The first-order valence-corrected chi connectivity index (χ1v) is 8.92. The molecule has 0 aliphatic heterocycles. The van der Waals surface area contributed by atoms with Gasteiger partial charge in [-0.1, -0.05) is 36.4 Å². The molecule has 0 aliphatic rings. The number of benzene rings is 2. The number of hydrogen-bond acceptors (Lipinski definition) is 2. The summed E-state index contributed by atoms with van der Waals surface area (Å²) in [6, 6.07) is 17.8. The quantitative estimate of drug-likeness (QED) is 0.573. The van der Waals surface area contributed by atoms with E-state index < -0.39 is 6.10 Å². The van der Waals surface area contributed by atoms with Crippen molar-refractivity contribution in [3.05, 3.63) is 71.9 Å². The SMILES string of the molecule is Cn1ccc2cc([C@H](O)CNC(=O)NCCCc3ccccc3)ccc21. The summed E-state index contributed by atoms with van der Waals surface area (Å²) in [6.07, 6.45) is 3.07. The Hall–Kier alpha value is -2.79. The predicted octanol–water partition coefficient (Wildman–Crippen LogP) is 3.14. The van der Waals surface area contributed by atoms with E-state index in [0.29, 0.717) is 6.54 Å². The number of aryl methyl sites for hydroxylation is 2. The first kappa shape index (κ1) is 18.0. The third-order valence-electron chi connectivity index (χ3n) is 4.52. The fraction of sp³-hybridized carbons (Fsp3) is 0.286. The number of carbonyl (C=O) groups is 1. The van der Waals surface area contributed by atoms with Gasteiger partial charge in [-0.05, 0) is 47.6 Å². The Labute approximate surface area is 153 Å². The van der Waals surface area contributed by atoms with E-state index in [0.717, 1.165) is 29.3 Å². The second-order valence-electron chi connectivity index (χ2n) is 6.49. The van der Waals surface area contributed by atoms with Crippen molar-refractivity contribution in [2.24, 2.45) is 7.05 Å². The van der Waals surface area contributed by atoms with Gasteiger partial charge in [0.2, 0.25) is 0 Å². The number of nitrogens with zero attached hydrogens (tertiary/aromatic N) is 1. The van der Waals surface area contributed by atoms with Crippen molar-refractivity contribution >= 4 is 16.9 Å². The largest absolute Gasteiger partial charge is 0.387 e. The lowest BCUT2D eigenvalue weighted by molar-refractivity contribution is 0.173. The minimum Gasteiger partial charge on any atom is -0.387 e. The lowest BCUT2D eigenvalue weighted by Gasteiger charge is -2.13. The van der Waals surface area contributed by atoms with Gasteiger partial charge >= 0.3 is 6.03 Å². The third kappa shape index (κ3) is 4.64. The van der Waals surface area contributed by atoms with Crippen LogP contribution in [-0.4, -0.2) is 28.8 Å². The average molecular weight is 351 g/mol. The van der Waals surface area contributed by atoms with Crippen LogP contribution in [0.4, 0.5) is 4.79 Å². The van der Waals surface area contributed by atoms with Crippen LogP contribution in [-0.2, 0) is 13.5 Å². The molecule has 0 bridgehead atoms. The second-order valence-corrected chi connectivity index (χ2v) is 6.49. The topological polar surface area (TPSA) is 66.3 Å². The Bertz CT molecular complexity index is 858. The van der Waals surface area contributed by atoms with Crippen LogP contribution < -0.4 is 10.6 Å². The van der Waals surface area contributed by atoms with E-state index in [4.69, 9.17) is 0 Å². The number of aliphatic hydroxyl groups excluding tert-OH is 1. The van der Waals surface area contributed by atoms with Gasteiger partial charge in [-0.25, -0.2) is 4.79 Å². The average Bonchev–Trinajstić information content (AvgIpc) is 3.04. The molecule has 3 N–H and O–H groups in total. The number of fused-ring (bicyclic) bond motifs is 1. The number of carbonyl (C=O) groups excluding carboxylic acids is 1. The van der Waals surface area contributed by atoms with E-state index in [-0.39, 0.29) is 12.6 Å². The Morgan fingerprint density at radius 2 is 1.92 bits per heavy atom. The fourth-order valence-electron chi connectivity index (χ4n) is 3.02. The molecular weight excluding hydrogens is 326 g/mol. The van der Waals surface area contributed by atoms with Gasteiger partial charge in [0.1, 0.15) is 0 Å². The molecular formula is C21H25N3O2. The van der Waals surface area contributed by atoms with E-state index >= 15 is 0 Å². The van der Waals surface area contributed by atoms with Crippen molar-refractivity contribution in [3.8, 4) is 0 Å². The van der Waals surface area contributed by atoms with Crippen molar-refractivity contribution in [1.29, 1.82) is 0 Å². The summed E-state index contributed by atoms with van der Waals surface area (Å²) >= 11 is 0. The van der Waals surface area contributed by atoms with Gasteiger partial charge in [-0.2, -0.15) is 0 Å². The van der Waals surface area contributed by atoms with Gasteiger partial charge in [-0.3, -0.25) is 0 Å². The molecule has 3 aromatic rings. The molecule has 2 aromatic carbocycles. The zero-order valence-corrected chi connectivity index (χ0v) is 15.0. The zero-order chi connectivity index (χ0) is 18.4. The van der Waals surface area contributed by atoms with E-state index in [1.54, 1.807) is 0 Å². The van der Waals surface area contributed by atoms with E-state index in [9.17, 15) is 9.90 Å². The van der Waals surface area contributed by atoms with Gasteiger partial charge in [0.15, 0.2) is 0 Å². The van der Waals surface area contributed by atoms with Gasteiger partial charge in [-0.15, -0.1) is 0 Å². The smallest absolute Gasteiger partial charge is 0.314 e. The monoisotopic (exact) mass is 351 g/mol. The Morgan fingerprint density at radius 3 is 2.73 bits per heavy atom. The first-order valence-electron chi connectivity index (χ1n) is 8.92. The molecule has 0 radical (unpaired) electrons. The van der Waals surface area contributed by atoms with Crippen LogP contribution >= 0.6 is 0 Å². The minimum atomic E-state index is -0.727. The fourth-order valence-corrected chi connectivity index (χ4v) is 3.02. The molecule has 0 saturated carbocycles. The van der Waals surface area contributed by atoms with Gasteiger partial charge in [0, 0.05) is 31.9 Å². The summed E-state index contributed by atoms with van der Waals surface area (Å²) in [7, 11) is 1.99. The van der Waals surface area contributed by atoms with Crippen LogP contribution in [0.15, 0.2) is 60.8 Å². The standard InChI is InChI=1S/C21H25N3O2/c1-24-13-11-17-14-18(9-10-19(17)24)20(25)15-23-21(26)22-12-5-8-16-6-3-2-4-7-16/h2-4,6-7,9-11,13-14,20,25H,5,8,12,15H2,1H3,(H2,22,23,26)/t20-/m1/s1. The summed E-state index contributed by atoms with van der Waals surface area (Å²) < 4.78 is 2.03. The lowest BCUT2D eigenvalue weighted by atomic mass is 10.1. The zero-order valence-electron chi connectivity index (χ0n) is 15.0. The molecule has 3 rings (SSSR count). The maximum absolute atomic E-state index is 11.9. The summed E-state index contributed by atoms with van der Waals surface area (Å²) in [5.41, 5.74) is 3.18. The normalized spacial score (nSPS) is 12.1. The van der Waals surface area contributed by atoms with E-state index in [1.165, 1.54) is 5.56 Å². The maximum atomic E-state index is 11.9. The Morgan fingerprint density at radius 1 is 1.12 bits per heavy atom. The van der Waals surface area contributed by atoms with Crippen molar-refractivity contribution in [2.75, 3.05) is 13.1 Å². The third-order valence-corrected chi connectivity index (χ3v) is 4.52. The number of aromatic nitrogens is 1. The number of urea groups is 1. The van der Waals surface area contributed by atoms with E-state index in [2.05, 4.69) is 22.8 Å². The summed E-state index contributed by atoms with van der Waals surface area (Å²) in [6.45, 7) is 0.787. The molecule has 5 nitrogen and oxygen atoms in total. The van der Waals surface area contributed by atoms with Crippen LogP contribution in [0.1, 0.15) is 23.7 Å². The highest BCUT2D eigenvalue weighted by Gasteiger charge is 2.10. The van der Waals surface area contributed by atoms with Crippen LogP contribution in [0.2, 0.25) is 0 Å². The van der Waals surface area contributed by atoms with Crippen molar-refractivity contribution < 1.29 is 9.90 Å². The van der Waals surface area contributed by atoms with Crippen LogP contribution in [0.5, 0.6) is 0 Å². The molecule has 0 fully saturated rings. The first-order chi connectivity index (χ1) is 12.6. The molecule has 1 atom stereocenters. The summed E-state index contributed by atoms with van der Waals surface area (Å²) in [4.78, 5) is 11.9. The molecule has 0 aliphatic carbocycles. The highest BCUT2D eigenvalue weighted by Crippen LogP contribution is 2.20. The summed E-state index contributed by atoms with van der Waals surface area (Å²) in [5.74, 6) is 0. The number of aliphatic hydroxyl groups is 1. The number of amides is 2. The van der Waals surface area contributed by atoms with Crippen molar-refractivity contribution in [1.82, 2.24) is 15.2 Å². The molecule has 0 saturated heterocycles. The second kappa shape index (κ2) is 8.54. The van der Waals surface area contributed by atoms with Crippen LogP contribution in [0.3, 0.4) is 0 Å². The number of nitrogens with one attached hydrogen (secondary N) is 2. The lowest BCUT2D eigenvalue weighted by Crippen LogP contribution is -2.38. The van der Waals surface area contributed by atoms with Crippen molar-refractivity contribution in [2.45, 2.75) is 18.9 Å². The Kier molecular flexibility index (Phi) is 5.92. The highest BCUT2D eigenvalue weighted by atomic mass is 16.3. The molecule has 136 valence electrons. The van der Waals surface area contributed by atoms with E-state index in [1.807, 2.05) is 60.3 Å². The minimum absolute atomic E-state index is 0.183. The molecule has 2 amide bonds. The van der Waals surface area contributed by atoms with Gasteiger partial charge < -0.3 is 20.3 Å². The maximum Gasteiger partial charge on any atom is 0.314 e. The molecule has 1 heterocycles. The highest BCUT2D eigenvalue weighted by molar-refractivity contribution is 5.81. The molecule has 5 heteroatoms. The molecule has 0 spiro atoms. The van der Waals surface area contributed by atoms with Crippen LogP contribution in [0.25, 0.3) is 10.9 Å².